The normalized spacial score (nSPS) is 11.1. The smallest absolute Gasteiger partial charge is 0.241 e. The molecule has 5 nitrogen and oxygen atoms in total. The first-order valence-corrected chi connectivity index (χ1v) is 7.86. The number of amides is 1. The van der Waals surface area contributed by atoms with Crippen LogP contribution in [0.4, 0.5) is 0 Å². The van der Waals surface area contributed by atoms with E-state index in [0.717, 1.165) is 11.1 Å². The van der Waals surface area contributed by atoms with Crippen LogP contribution < -0.4 is 10.6 Å². The quantitative estimate of drug-likeness (QED) is 0.468. The van der Waals surface area contributed by atoms with Crippen LogP contribution in [-0.2, 0) is 11.3 Å². The van der Waals surface area contributed by atoms with Gasteiger partial charge in [0.25, 0.3) is 0 Å². The summed E-state index contributed by atoms with van der Waals surface area (Å²) in [6.45, 7) is 6.84. The third-order valence-corrected chi connectivity index (χ3v) is 3.47. The second-order valence-corrected chi connectivity index (χ2v) is 6.20. The highest BCUT2D eigenvalue weighted by Gasteiger charge is 2.06. The van der Waals surface area contributed by atoms with Crippen molar-refractivity contribution in [2.24, 2.45) is 4.99 Å². The van der Waals surface area contributed by atoms with Crippen molar-refractivity contribution in [2.45, 2.75) is 13.5 Å². The van der Waals surface area contributed by atoms with E-state index in [1.165, 1.54) is 4.90 Å². The van der Waals surface area contributed by atoms with Crippen molar-refractivity contribution < 1.29 is 4.79 Å². The molecule has 0 fully saturated rings. The van der Waals surface area contributed by atoms with Crippen molar-refractivity contribution in [1.29, 1.82) is 0 Å². The summed E-state index contributed by atoms with van der Waals surface area (Å²) in [5.74, 6) is 0.480. The second kappa shape index (κ2) is 9.43. The Morgan fingerprint density at radius 1 is 1.26 bits per heavy atom. The molecule has 0 aliphatic rings. The number of carbonyl (C=O) groups excluding carboxylic acids is 1. The molecule has 1 aromatic rings. The maximum absolute atomic E-state index is 11.7. The zero-order chi connectivity index (χ0) is 17.4. The summed E-state index contributed by atoms with van der Waals surface area (Å²) in [7, 11) is 3.41. The van der Waals surface area contributed by atoms with Gasteiger partial charge in [-0.1, -0.05) is 41.4 Å². The minimum atomic E-state index is -0.0423. The van der Waals surface area contributed by atoms with E-state index in [-0.39, 0.29) is 12.5 Å². The fourth-order valence-corrected chi connectivity index (χ4v) is 2.01. The van der Waals surface area contributed by atoms with Crippen LogP contribution in [0.15, 0.2) is 35.3 Å². The maximum atomic E-state index is 11.7. The van der Waals surface area contributed by atoms with E-state index < -0.39 is 0 Å². The molecule has 0 atom stereocenters. The Kier molecular flexibility index (Phi) is 7.92. The number of carbonyl (C=O) groups is 1. The van der Waals surface area contributed by atoms with Gasteiger partial charge in [0.15, 0.2) is 5.96 Å². The highest BCUT2D eigenvalue weighted by atomic mass is 35.5. The van der Waals surface area contributed by atoms with E-state index in [2.05, 4.69) is 22.2 Å². The lowest BCUT2D eigenvalue weighted by Gasteiger charge is -2.15. The summed E-state index contributed by atoms with van der Waals surface area (Å²) in [5.41, 5.74) is 1.81. The van der Waals surface area contributed by atoms with E-state index in [4.69, 9.17) is 23.2 Å². The van der Waals surface area contributed by atoms with E-state index in [1.807, 2.05) is 13.0 Å². The highest BCUT2D eigenvalue weighted by molar-refractivity contribution is 6.35. The first-order chi connectivity index (χ1) is 10.8. The summed E-state index contributed by atoms with van der Waals surface area (Å²) >= 11 is 12.0. The molecule has 0 heterocycles. The van der Waals surface area contributed by atoms with E-state index in [0.29, 0.717) is 29.1 Å². The number of nitrogens with zero attached hydrogens (tertiary/aromatic N) is 2. The largest absolute Gasteiger partial charge is 0.353 e. The molecule has 1 aromatic carbocycles. The summed E-state index contributed by atoms with van der Waals surface area (Å²) in [4.78, 5) is 17.6. The van der Waals surface area contributed by atoms with Gasteiger partial charge < -0.3 is 15.5 Å². The van der Waals surface area contributed by atoms with Crippen LogP contribution in [0.1, 0.15) is 12.5 Å². The fraction of sp³-hybridized carbons (Fsp3) is 0.375. The van der Waals surface area contributed by atoms with Gasteiger partial charge in [0, 0.05) is 30.7 Å². The van der Waals surface area contributed by atoms with Gasteiger partial charge in [0.1, 0.15) is 0 Å². The number of rotatable bonds is 6. The van der Waals surface area contributed by atoms with Crippen molar-refractivity contribution in [2.75, 3.05) is 27.2 Å². The van der Waals surface area contributed by atoms with Gasteiger partial charge in [0.05, 0.1) is 13.1 Å². The summed E-state index contributed by atoms with van der Waals surface area (Å²) < 4.78 is 0. The molecule has 7 heteroatoms. The van der Waals surface area contributed by atoms with Crippen LogP contribution >= 0.6 is 23.2 Å². The monoisotopic (exact) mass is 356 g/mol. The standard InChI is InChI=1S/C16H22Cl2N4O/c1-11(2)8-19-16(21-10-15(23)22(3)4)20-9-12-5-6-13(17)7-14(12)18/h5-7H,1,8-10H2,2-4H3,(H2,19,20,21). The van der Waals surface area contributed by atoms with Gasteiger partial charge in [-0.05, 0) is 24.6 Å². The van der Waals surface area contributed by atoms with Gasteiger partial charge in [-0.25, -0.2) is 4.99 Å². The molecule has 0 bridgehead atoms. The van der Waals surface area contributed by atoms with Crippen LogP contribution in [-0.4, -0.2) is 44.0 Å². The minimum Gasteiger partial charge on any atom is -0.353 e. The van der Waals surface area contributed by atoms with E-state index in [9.17, 15) is 4.79 Å². The van der Waals surface area contributed by atoms with Gasteiger partial charge in [-0.3, -0.25) is 4.79 Å². The average Bonchev–Trinajstić information content (AvgIpc) is 2.47. The average molecular weight is 357 g/mol. The zero-order valence-corrected chi connectivity index (χ0v) is 15.1. The van der Waals surface area contributed by atoms with Crippen LogP contribution in [0.3, 0.4) is 0 Å². The summed E-state index contributed by atoms with van der Waals surface area (Å²) in [6, 6.07) is 5.27. The van der Waals surface area contributed by atoms with Crippen LogP contribution in [0, 0.1) is 0 Å². The molecule has 0 aliphatic heterocycles. The number of hydrogen-bond acceptors (Lipinski definition) is 2. The Morgan fingerprint density at radius 3 is 2.48 bits per heavy atom. The van der Waals surface area contributed by atoms with Crippen molar-refractivity contribution in [3.8, 4) is 0 Å². The molecule has 0 aromatic heterocycles. The molecule has 0 saturated carbocycles. The number of nitrogens with one attached hydrogen (secondary N) is 2. The second-order valence-electron chi connectivity index (χ2n) is 5.35. The molecule has 0 aliphatic carbocycles. The van der Waals surface area contributed by atoms with E-state index in [1.54, 1.807) is 26.2 Å². The molecule has 126 valence electrons. The predicted molar refractivity (Wildman–Crippen MR) is 97.1 cm³/mol. The minimum absolute atomic E-state index is 0.0423. The molecule has 0 radical (unpaired) electrons. The lowest BCUT2D eigenvalue weighted by atomic mass is 10.2. The van der Waals surface area contributed by atoms with Crippen molar-refractivity contribution in [3.63, 3.8) is 0 Å². The number of benzene rings is 1. The Labute approximate surface area is 147 Å². The molecule has 1 rings (SSSR count). The number of halogens is 2. The number of aliphatic imine (C=N–C) groups is 1. The van der Waals surface area contributed by atoms with Crippen molar-refractivity contribution in [3.05, 3.63) is 46.0 Å². The Bertz CT molecular complexity index is 600. The first kappa shape index (κ1) is 19.3. The Morgan fingerprint density at radius 2 is 1.91 bits per heavy atom. The number of likely N-dealkylation sites (N-methyl/N-ethyl adjacent to an activating group) is 1. The van der Waals surface area contributed by atoms with Gasteiger partial charge in [-0.15, -0.1) is 0 Å². The molecule has 0 spiro atoms. The molecule has 1 amide bonds. The molecule has 23 heavy (non-hydrogen) atoms. The predicted octanol–water partition coefficient (Wildman–Crippen LogP) is 2.69. The third kappa shape index (κ3) is 7.39. The van der Waals surface area contributed by atoms with Crippen LogP contribution in [0.2, 0.25) is 10.0 Å². The summed E-state index contributed by atoms with van der Waals surface area (Å²) in [6.07, 6.45) is 0. The molecular weight excluding hydrogens is 335 g/mol. The van der Waals surface area contributed by atoms with Crippen LogP contribution in [0.5, 0.6) is 0 Å². The zero-order valence-electron chi connectivity index (χ0n) is 13.6. The first-order valence-electron chi connectivity index (χ1n) is 7.10. The SMILES string of the molecule is C=C(C)CNC(=NCc1ccc(Cl)cc1Cl)NCC(=O)N(C)C. The third-order valence-electron chi connectivity index (χ3n) is 2.89. The van der Waals surface area contributed by atoms with Gasteiger partial charge >= 0.3 is 0 Å². The van der Waals surface area contributed by atoms with Crippen molar-refractivity contribution in [1.82, 2.24) is 15.5 Å². The molecule has 0 unspecified atom stereocenters. The van der Waals surface area contributed by atoms with Crippen LogP contribution in [0.25, 0.3) is 0 Å². The molecule has 2 N–H and O–H groups in total. The lowest BCUT2D eigenvalue weighted by molar-refractivity contribution is -0.127. The number of guanidine groups is 1. The van der Waals surface area contributed by atoms with E-state index >= 15 is 0 Å². The maximum Gasteiger partial charge on any atom is 0.241 e. The Balaban J connectivity index is 2.76. The van der Waals surface area contributed by atoms with Gasteiger partial charge in [0.2, 0.25) is 5.91 Å². The molecular formula is C16H22Cl2N4O. The molecule has 0 saturated heterocycles. The summed E-state index contributed by atoms with van der Waals surface area (Å²) in [5, 5.41) is 7.25. The number of hydrogen-bond donors (Lipinski definition) is 2. The highest BCUT2D eigenvalue weighted by Crippen LogP contribution is 2.21. The van der Waals surface area contributed by atoms with Gasteiger partial charge in [-0.2, -0.15) is 0 Å². The Hall–Kier alpha value is -1.72. The fourth-order valence-electron chi connectivity index (χ4n) is 1.54. The van der Waals surface area contributed by atoms with Crippen molar-refractivity contribution >= 4 is 35.1 Å². The topological polar surface area (TPSA) is 56.7 Å². The lowest BCUT2D eigenvalue weighted by Crippen LogP contribution is -2.43.